The molecule has 1 fully saturated rings. The lowest BCUT2D eigenvalue weighted by molar-refractivity contribution is 0.363. The highest BCUT2D eigenvalue weighted by atomic mass is 35.5. The van der Waals surface area contributed by atoms with Crippen LogP contribution in [-0.2, 0) is 0 Å². The zero-order valence-electron chi connectivity index (χ0n) is 14.0. The number of hydrogen-bond donors (Lipinski definition) is 3. The van der Waals surface area contributed by atoms with Gasteiger partial charge in [-0.3, -0.25) is 5.10 Å². The summed E-state index contributed by atoms with van der Waals surface area (Å²) in [4.78, 5) is 11.4. The Kier molecular flexibility index (Phi) is 3.77. The van der Waals surface area contributed by atoms with Gasteiger partial charge in [0.15, 0.2) is 5.65 Å². The summed E-state index contributed by atoms with van der Waals surface area (Å²) in [5.41, 5.74) is 15.3. The van der Waals surface area contributed by atoms with Crippen LogP contribution >= 0.6 is 11.6 Å². The summed E-state index contributed by atoms with van der Waals surface area (Å²) in [7, 11) is 0. The monoisotopic (exact) mass is 357 g/mol. The molecule has 25 heavy (non-hydrogen) atoms. The number of hydrogen-bond acceptors (Lipinski definition) is 6. The number of nitrogens with zero attached hydrogens (tertiary/aromatic N) is 4. The van der Waals surface area contributed by atoms with E-state index in [4.69, 9.17) is 23.1 Å². The van der Waals surface area contributed by atoms with Crippen LogP contribution in [0.25, 0.3) is 22.4 Å². The van der Waals surface area contributed by atoms with Crippen LogP contribution in [0, 0.1) is 0 Å². The van der Waals surface area contributed by atoms with Gasteiger partial charge < -0.3 is 16.4 Å². The molecule has 5 N–H and O–H groups in total. The second kappa shape index (κ2) is 5.86. The summed E-state index contributed by atoms with van der Waals surface area (Å²) in [6.45, 7) is 3.83. The molecule has 0 atom stereocenters. The van der Waals surface area contributed by atoms with Crippen molar-refractivity contribution in [2.24, 2.45) is 5.73 Å². The number of nitrogens with one attached hydrogen (secondary N) is 1. The van der Waals surface area contributed by atoms with Gasteiger partial charge in [-0.25, -0.2) is 9.97 Å². The zero-order chi connectivity index (χ0) is 17.6. The Bertz CT molecular complexity index is 924. The van der Waals surface area contributed by atoms with Crippen LogP contribution in [0.15, 0.2) is 24.4 Å². The number of nitrogens with two attached hydrogens (primary N) is 2. The average Bonchev–Trinajstić information content (AvgIpc) is 3.00. The van der Waals surface area contributed by atoms with Crippen molar-refractivity contribution in [2.75, 3.05) is 23.7 Å². The fourth-order valence-corrected chi connectivity index (χ4v) is 3.31. The van der Waals surface area contributed by atoms with Gasteiger partial charge >= 0.3 is 0 Å². The standard InChI is InChI=1S/C17H20ClN7/c1-17(20)4-6-25(7-5-17)13-9-21-15-14(23-24-16(15)22-13)11-8-10(19)2-3-12(11)18/h2-3,8-9H,4-7,19-20H2,1H3,(H,22,23,24). The molecule has 1 aliphatic rings. The quantitative estimate of drug-likeness (QED) is 0.608. The molecule has 0 bridgehead atoms. The largest absolute Gasteiger partial charge is 0.399 e. The van der Waals surface area contributed by atoms with E-state index in [1.807, 2.05) is 0 Å². The predicted octanol–water partition coefficient (Wildman–Crippen LogP) is 2.57. The minimum Gasteiger partial charge on any atom is -0.399 e. The Labute approximate surface area is 150 Å². The van der Waals surface area contributed by atoms with Gasteiger partial charge in [0.1, 0.15) is 17.0 Å². The molecule has 130 valence electrons. The van der Waals surface area contributed by atoms with Gasteiger partial charge in [0, 0.05) is 29.9 Å². The smallest absolute Gasteiger partial charge is 0.177 e. The van der Waals surface area contributed by atoms with E-state index in [2.05, 4.69) is 32.0 Å². The Morgan fingerprint density at radius 3 is 2.80 bits per heavy atom. The molecule has 0 unspecified atom stereocenters. The highest BCUT2D eigenvalue weighted by Crippen LogP contribution is 2.32. The number of nitrogen functional groups attached to an aromatic ring is 1. The van der Waals surface area contributed by atoms with Crippen LogP contribution in [0.4, 0.5) is 11.5 Å². The summed E-state index contributed by atoms with van der Waals surface area (Å²) in [5.74, 6) is 0.830. The highest BCUT2D eigenvalue weighted by molar-refractivity contribution is 6.33. The molecule has 0 radical (unpaired) electrons. The molecule has 3 heterocycles. The first-order valence-electron chi connectivity index (χ1n) is 8.23. The molecule has 8 heteroatoms. The second-order valence-corrected chi connectivity index (χ2v) is 7.29. The topological polar surface area (TPSA) is 110 Å². The van der Waals surface area contributed by atoms with Gasteiger partial charge in [-0.05, 0) is 38.0 Å². The summed E-state index contributed by atoms with van der Waals surface area (Å²) in [6.07, 6.45) is 3.64. The first-order chi connectivity index (χ1) is 11.9. The fourth-order valence-electron chi connectivity index (χ4n) is 3.10. The van der Waals surface area contributed by atoms with Gasteiger partial charge in [-0.15, -0.1) is 0 Å². The summed E-state index contributed by atoms with van der Waals surface area (Å²) in [5, 5.41) is 7.88. The van der Waals surface area contributed by atoms with Crippen LogP contribution in [-0.4, -0.2) is 38.8 Å². The lowest BCUT2D eigenvalue weighted by Gasteiger charge is -2.37. The van der Waals surface area contributed by atoms with E-state index < -0.39 is 0 Å². The number of aromatic amines is 1. The number of anilines is 2. The van der Waals surface area contributed by atoms with Crippen molar-refractivity contribution < 1.29 is 0 Å². The molecule has 1 aromatic carbocycles. The van der Waals surface area contributed by atoms with Crippen molar-refractivity contribution in [1.82, 2.24) is 20.2 Å². The molecular formula is C17H20ClN7. The minimum atomic E-state index is -0.0980. The minimum absolute atomic E-state index is 0.0980. The Morgan fingerprint density at radius 2 is 2.04 bits per heavy atom. The highest BCUT2D eigenvalue weighted by Gasteiger charge is 2.27. The van der Waals surface area contributed by atoms with E-state index in [9.17, 15) is 0 Å². The van der Waals surface area contributed by atoms with Crippen molar-refractivity contribution >= 4 is 34.3 Å². The Hall–Kier alpha value is -2.38. The van der Waals surface area contributed by atoms with Crippen LogP contribution in [0.5, 0.6) is 0 Å². The van der Waals surface area contributed by atoms with E-state index in [1.54, 1.807) is 24.4 Å². The SMILES string of the molecule is CC1(N)CCN(c2cnc3c(-c4cc(N)ccc4Cl)n[nH]c3n2)CC1. The van der Waals surface area contributed by atoms with Crippen molar-refractivity contribution in [3.63, 3.8) is 0 Å². The van der Waals surface area contributed by atoms with E-state index >= 15 is 0 Å². The van der Waals surface area contributed by atoms with Crippen LogP contribution < -0.4 is 16.4 Å². The Morgan fingerprint density at radius 1 is 1.28 bits per heavy atom. The summed E-state index contributed by atoms with van der Waals surface area (Å²) >= 11 is 6.29. The third-order valence-electron chi connectivity index (χ3n) is 4.73. The van der Waals surface area contributed by atoms with Crippen LogP contribution in [0.2, 0.25) is 5.02 Å². The molecule has 3 aromatic rings. The van der Waals surface area contributed by atoms with E-state index in [-0.39, 0.29) is 5.54 Å². The summed E-state index contributed by atoms with van der Waals surface area (Å²) < 4.78 is 0. The maximum Gasteiger partial charge on any atom is 0.177 e. The molecule has 0 spiro atoms. The van der Waals surface area contributed by atoms with Gasteiger partial charge in [0.05, 0.1) is 11.2 Å². The van der Waals surface area contributed by atoms with Crippen LogP contribution in [0.1, 0.15) is 19.8 Å². The number of H-pyrrole nitrogens is 1. The van der Waals surface area contributed by atoms with Crippen molar-refractivity contribution in [2.45, 2.75) is 25.3 Å². The van der Waals surface area contributed by atoms with E-state index in [0.29, 0.717) is 27.6 Å². The molecule has 1 aliphatic heterocycles. The lowest BCUT2D eigenvalue weighted by Crippen LogP contribution is -2.48. The maximum absolute atomic E-state index is 6.29. The van der Waals surface area contributed by atoms with E-state index in [0.717, 1.165) is 37.3 Å². The molecule has 1 saturated heterocycles. The fraction of sp³-hybridized carbons (Fsp3) is 0.353. The first-order valence-corrected chi connectivity index (χ1v) is 8.61. The number of halogens is 1. The normalized spacial score (nSPS) is 17.2. The van der Waals surface area contributed by atoms with E-state index in [1.165, 1.54) is 0 Å². The van der Waals surface area contributed by atoms with Crippen molar-refractivity contribution in [3.8, 4) is 11.3 Å². The molecule has 0 saturated carbocycles. The number of benzene rings is 1. The number of rotatable bonds is 2. The predicted molar refractivity (Wildman–Crippen MR) is 101 cm³/mol. The molecule has 0 aliphatic carbocycles. The maximum atomic E-state index is 6.29. The molecule has 0 amide bonds. The van der Waals surface area contributed by atoms with Gasteiger partial charge in [-0.2, -0.15) is 5.10 Å². The molecule has 4 rings (SSSR count). The van der Waals surface area contributed by atoms with Gasteiger partial charge in [0.25, 0.3) is 0 Å². The van der Waals surface area contributed by atoms with Crippen molar-refractivity contribution in [1.29, 1.82) is 0 Å². The lowest BCUT2D eigenvalue weighted by atomic mass is 9.91. The number of piperidine rings is 1. The average molecular weight is 358 g/mol. The number of fused-ring (bicyclic) bond motifs is 1. The second-order valence-electron chi connectivity index (χ2n) is 6.88. The van der Waals surface area contributed by atoms with Gasteiger partial charge in [0.2, 0.25) is 0 Å². The Balaban J connectivity index is 1.69. The third kappa shape index (κ3) is 3.01. The molecule has 7 nitrogen and oxygen atoms in total. The molecular weight excluding hydrogens is 338 g/mol. The summed E-state index contributed by atoms with van der Waals surface area (Å²) in [6, 6.07) is 5.30. The molecule has 2 aromatic heterocycles. The van der Waals surface area contributed by atoms with Crippen LogP contribution in [0.3, 0.4) is 0 Å². The van der Waals surface area contributed by atoms with Crippen molar-refractivity contribution in [3.05, 3.63) is 29.4 Å². The first kappa shape index (κ1) is 16.1. The number of aromatic nitrogens is 4. The van der Waals surface area contributed by atoms with Gasteiger partial charge in [-0.1, -0.05) is 11.6 Å². The zero-order valence-corrected chi connectivity index (χ0v) is 14.7. The third-order valence-corrected chi connectivity index (χ3v) is 5.06.